The molecule has 1 aromatic rings. The van der Waals surface area contributed by atoms with Crippen molar-refractivity contribution in [2.45, 2.75) is 39.3 Å². The second-order valence-electron chi connectivity index (χ2n) is 3.88. The molecular weight excluding hydrogens is 186 g/mol. The maximum atomic E-state index is 5.88. The Morgan fingerprint density at radius 2 is 1.93 bits per heavy atom. The van der Waals surface area contributed by atoms with Crippen LogP contribution in [0.4, 0.5) is 0 Å². The summed E-state index contributed by atoms with van der Waals surface area (Å²) in [7, 11) is 1.96. The van der Waals surface area contributed by atoms with Gasteiger partial charge in [0.2, 0.25) is 0 Å². The minimum atomic E-state index is 0.273. The van der Waals surface area contributed by atoms with Crippen LogP contribution in [-0.2, 0) is 0 Å². The summed E-state index contributed by atoms with van der Waals surface area (Å²) in [6, 6.07) is 8.54. The van der Waals surface area contributed by atoms with Gasteiger partial charge in [0.05, 0.1) is 6.10 Å². The third-order valence-corrected chi connectivity index (χ3v) is 2.72. The van der Waals surface area contributed by atoms with E-state index in [2.05, 4.69) is 32.2 Å². The molecule has 0 amide bonds. The summed E-state index contributed by atoms with van der Waals surface area (Å²) < 4.78 is 5.88. The van der Waals surface area contributed by atoms with Gasteiger partial charge in [-0.2, -0.15) is 0 Å². The van der Waals surface area contributed by atoms with Crippen LogP contribution in [0.2, 0.25) is 0 Å². The maximum Gasteiger partial charge on any atom is 0.124 e. The van der Waals surface area contributed by atoms with Crippen LogP contribution < -0.4 is 10.1 Å². The lowest BCUT2D eigenvalue weighted by Gasteiger charge is -2.19. The minimum Gasteiger partial charge on any atom is -0.490 e. The molecule has 1 aromatic carbocycles. The predicted molar refractivity (Wildman–Crippen MR) is 64.3 cm³/mol. The Hall–Kier alpha value is -1.02. The SMILES string of the molecule is CC[C@H](C)Oc1ccccc1[C@@H](C)NC. The first-order valence-corrected chi connectivity index (χ1v) is 5.61. The first-order valence-electron chi connectivity index (χ1n) is 5.61. The van der Waals surface area contributed by atoms with Crippen LogP contribution in [0.5, 0.6) is 5.75 Å². The van der Waals surface area contributed by atoms with Gasteiger partial charge >= 0.3 is 0 Å². The molecule has 0 heterocycles. The van der Waals surface area contributed by atoms with Gasteiger partial charge in [0.25, 0.3) is 0 Å². The van der Waals surface area contributed by atoms with Crippen molar-refractivity contribution in [3.63, 3.8) is 0 Å². The van der Waals surface area contributed by atoms with Crippen LogP contribution in [0, 0.1) is 0 Å². The third kappa shape index (κ3) is 3.24. The van der Waals surface area contributed by atoms with Crippen molar-refractivity contribution in [3.05, 3.63) is 29.8 Å². The molecule has 0 fully saturated rings. The lowest BCUT2D eigenvalue weighted by Crippen LogP contribution is -2.16. The average molecular weight is 207 g/mol. The summed E-state index contributed by atoms with van der Waals surface area (Å²) in [5.74, 6) is 0.994. The summed E-state index contributed by atoms with van der Waals surface area (Å²) in [6.07, 6.45) is 1.30. The van der Waals surface area contributed by atoms with Crippen molar-refractivity contribution in [3.8, 4) is 5.75 Å². The van der Waals surface area contributed by atoms with Crippen molar-refractivity contribution in [1.29, 1.82) is 0 Å². The molecule has 1 N–H and O–H groups in total. The second-order valence-corrected chi connectivity index (χ2v) is 3.88. The quantitative estimate of drug-likeness (QED) is 0.801. The zero-order valence-electron chi connectivity index (χ0n) is 10.1. The average Bonchev–Trinajstić information content (AvgIpc) is 2.28. The van der Waals surface area contributed by atoms with Gasteiger partial charge in [-0.05, 0) is 33.4 Å². The Labute approximate surface area is 92.6 Å². The van der Waals surface area contributed by atoms with Crippen molar-refractivity contribution in [1.82, 2.24) is 5.32 Å². The fraction of sp³-hybridized carbons (Fsp3) is 0.538. The Balaban J connectivity index is 2.86. The topological polar surface area (TPSA) is 21.3 Å². The first kappa shape index (κ1) is 12.1. The molecule has 0 aliphatic carbocycles. The number of hydrogen-bond acceptors (Lipinski definition) is 2. The molecule has 2 heteroatoms. The Morgan fingerprint density at radius 3 is 2.53 bits per heavy atom. The van der Waals surface area contributed by atoms with Crippen LogP contribution in [0.3, 0.4) is 0 Å². The van der Waals surface area contributed by atoms with E-state index in [1.165, 1.54) is 5.56 Å². The molecule has 0 radical (unpaired) electrons. The number of nitrogens with one attached hydrogen (secondary N) is 1. The van der Waals surface area contributed by atoms with Crippen LogP contribution in [0.15, 0.2) is 24.3 Å². The molecule has 0 bridgehead atoms. The fourth-order valence-corrected chi connectivity index (χ4v) is 1.40. The van der Waals surface area contributed by atoms with E-state index in [1.54, 1.807) is 0 Å². The van der Waals surface area contributed by atoms with E-state index in [4.69, 9.17) is 4.74 Å². The number of para-hydroxylation sites is 1. The highest BCUT2D eigenvalue weighted by molar-refractivity contribution is 5.35. The standard InChI is InChI=1S/C13H21NO/c1-5-10(2)15-13-9-7-6-8-12(13)11(3)14-4/h6-11,14H,5H2,1-4H3/t10-,11+/m0/s1. The summed E-state index contributed by atoms with van der Waals surface area (Å²) in [5, 5.41) is 3.23. The summed E-state index contributed by atoms with van der Waals surface area (Å²) >= 11 is 0. The van der Waals surface area contributed by atoms with Crippen molar-refractivity contribution < 1.29 is 4.74 Å². The lowest BCUT2D eigenvalue weighted by atomic mass is 10.1. The molecule has 2 nitrogen and oxygen atoms in total. The molecule has 0 spiro atoms. The molecule has 0 aliphatic rings. The molecule has 2 atom stereocenters. The van der Waals surface area contributed by atoms with Gasteiger partial charge in [-0.15, -0.1) is 0 Å². The summed E-state index contributed by atoms with van der Waals surface area (Å²) in [6.45, 7) is 6.37. The van der Waals surface area contributed by atoms with Crippen LogP contribution in [0.25, 0.3) is 0 Å². The summed E-state index contributed by atoms with van der Waals surface area (Å²) in [4.78, 5) is 0. The maximum absolute atomic E-state index is 5.88. The van der Waals surface area contributed by atoms with Gasteiger partial charge in [-0.25, -0.2) is 0 Å². The van der Waals surface area contributed by atoms with E-state index in [-0.39, 0.29) is 6.10 Å². The van der Waals surface area contributed by atoms with Crippen molar-refractivity contribution >= 4 is 0 Å². The number of rotatable bonds is 5. The van der Waals surface area contributed by atoms with Gasteiger partial charge in [0, 0.05) is 11.6 Å². The van der Waals surface area contributed by atoms with Gasteiger partial charge in [0.15, 0.2) is 0 Å². The largest absolute Gasteiger partial charge is 0.490 e. The molecule has 0 unspecified atom stereocenters. The Bertz CT molecular complexity index is 298. The predicted octanol–water partition coefficient (Wildman–Crippen LogP) is 3.14. The molecule has 0 aliphatic heterocycles. The zero-order chi connectivity index (χ0) is 11.3. The van der Waals surface area contributed by atoms with Crippen molar-refractivity contribution in [2.24, 2.45) is 0 Å². The molecular formula is C13H21NO. The smallest absolute Gasteiger partial charge is 0.124 e. The molecule has 15 heavy (non-hydrogen) atoms. The lowest BCUT2D eigenvalue weighted by molar-refractivity contribution is 0.214. The van der Waals surface area contributed by atoms with E-state index < -0.39 is 0 Å². The van der Waals surface area contributed by atoms with Gasteiger partial charge in [0.1, 0.15) is 5.75 Å². The highest BCUT2D eigenvalue weighted by Gasteiger charge is 2.10. The third-order valence-electron chi connectivity index (χ3n) is 2.72. The second kappa shape index (κ2) is 5.76. The van der Waals surface area contributed by atoms with E-state index in [1.807, 2.05) is 25.2 Å². The molecule has 1 rings (SSSR count). The van der Waals surface area contributed by atoms with Gasteiger partial charge in [-0.1, -0.05) is 25.1 Å². The fourth-order valence-electron chi connectivity index (χ4n) is 1.40. The number of ether oxygens (including phenoxy) is 1. The van der Waals surface area contributed by atoms with E-state index in [0.717, 1.165) is 12.2 Å². The van der Waals surface area contributed by atoms with Gasteiger partial charge in [-0.3, -0.25) is 0 Å². The van der Waals surface area contributed by atoms with Crippen molar-refractivity contribution in [2.75, 3.05) is 7.05 Å². The van der Waals surface area contributed by atoms with Gasteiger partial charge < -0.3 is 10.1 Å². The zero-order valence-corrected chi connectivity index (χ0v) is 10.1. The highest BCUT2D eigenvalue weighted by Crippen LogP contribution is 2.25. The van der Waals surface area contributed by atoms with E-state index >= 15 is 0 Å². The molecule has 84 valence electrons. The Kier molecular flexibility index (Phi) is 4.63. The molecule has 0 saturated carbocycles. The van der Waals surface area contributed by atoms with Crippen LogP contribution >= 0.6 is 0 Å². The van der Waals surface area contributed by atoms with E-state index in [9.17, 15) is 0 Å². The van der Waals surface area contributed by atoms with Crippen LogP contribution in [-0.4, -0.2) is 13.2 Å². The Morgan fingerprint density at radius 1 is 1.27 bits per heavy atom. The minimum absolute atomic E-state index is 0.273. The first-order chi connectivity index (χ1) is 7.19. The normalized spacial score (nSPS) is 14.7. The van der Waals surface area contributed by atoms with Crippen LogP contribution in [0.1, 0.15) is 38.8 Å². The monoisotopic (exact) mass is 207 g/mol. The molecule has 0 aromatic heterocycles. The summed E-state index contributed by atoms with van der Waals surface area (Å²) in [5.41, 5.74) is 1.22. The highest BCUT2D eigenvalue weighted by atomic mass is 16.5. The van der Waals surface area contributed by atoms with E-state index in [0.29, 0.717) is 6.04 Å². The number of hydrogen-bond donors (Lipinski definition) is 1. The number of benzene rings is 1. The molecule has 0 saturated heterocycles.